The Hall–Kier alpha value is -2.11. The molecule has 6 heteroatoms. The Morgan fingerprint density at radius 2 is 1.95 bits per heavy atom. The molecule has 20 heavy (non-hydrogen) atoms. The number of carbonyl (C=O) groups excluding carboxylic acids is 1. The lowest BCUT2D eigenvalue weighted by Gasteiger charge is -2.14. The second kappa shape index (κ2) is 7.47. The number of aromatic carboxylic acids is 1. The molecule has 0 bridgehead atoms. The van der Waals surface area contributed by atoms with Gasteiger partial charge >= 0.3 is 12.0 Å². The summed E-state index contributed by atoms with van der Waals surface area (Å²) in [7, 11) is 0. The third kappa shape index (κ3) is 4.53. The van der Waals surface area contributed by atoms with Crippen molar-refractivity contribution in [1.29, 1.82) is 0 Å². The Balaban J connectivity index is 2.68. The quantitative estimate of drug-likeness (QED) is 0.750. The van der Waals surface area contributed by atoms with E-state index >= 15 is 0 Å². The molecule has 0 saturated heterocycles. The summed E-state index contributed by atoms with van der Waals surface area (Å²) in [5, 5.41) is 14.1. The second-order valence-corrected chi connectivity index (χ2v) is 4.51. The van der Waals surface area contributed by atoms with E-state index in [0.717, 1.165) is 25.0 Å². The van der Waals surface area contributed by atoms with E-state index in [9.17, 15) is 14.0 Å². The van der Waals surface area contributed by atoms with Gasteiger partial charge in [0.25, 0.3) is 0 Å². The number of nitrogens with one attached hydrogen (secondary N) is 2. The van der Waals surface area contributed by atoms with Gasteiger partial charge in [-0.3, -0.25) is 0 Å². The fourth-order valence-electron chi connectivity index (χ4n) is 1.78. The molecular weight excluding hydrogens is 263 g/mol. The molecule has 0 aliphatic carbocycles. The number of benzene rings is 1. The number of hydrogen-bond donors (Lipinski definition) is 3. The third-order valence-corrected chi connectivity index (χ3v) is 3.17. The lowest BCUT2D eigenvalue weighted by atomic mass is 10.0. The summed E-state index contributed by atoms with van der Waals surface area (Å²) < 4.78 is 13.0. The molecule has 0 heterocycles. The topological polar surface area (TPSA) is 78.4 Å². The molecule has 0 fully saturated rings. The van der Waals surface area contributed by atoms with Gasteiger partial charge in [-0.25, -0.2) is 14.0 Å². The lowest BCUT2D eigenvalue weighted by molar-refractivity contribution is 0.0697. The summed E-state index contributed by atoms with van der Waals surface area (Å²) in [4.78, 5) is 22.7. The van der Waals surface area contributed by atoms with Crippen molar-refractivity contribution in [3.8, 4) is 0 Å². The number of carboxylic acids is 1. The highest BCUT2D eigenvalue weighted by Gasteiger charge is 2.14. The number of hydrogen-bond acceptors (Lipinski definition) is 2. The molecule has 1 rings (SSSR count). The average molecular weight is 282 g/mol. The zero-order valence-electron chi connectivity index (χ0n) is 11.6. The van der Waals surface area contributed by atoms with Gasteiger partial charge in [-0.15, -0.1) is 0 Å². The number of carbonyl (C=O) groups is 2. The Bertz CT molecular complexity index is 487. The van der Waals surface area contributed by atoms with Crippen LogP contribution in [-0.4, -0.2) is 23.7 Å². The van der Waals surface area contributed by atoms with Gasteiger partial charge in [0.1, 0.15) is 5.82 Å². The van der Waals surface area contributed by atoms with Gasteiger partial charge in [0, 0.05) is 6.54 Å². The molecule has 110 valence electrons. The molecule has 0 saturated carbocycles. The average Bonchev–Trinajstić information content (AvgIpc) is 2.41. The molecule has 0 aliphatic heterocycles. The van der Waals surface area contributed by atoms with Crippen LogP contribution in [0, 0.1) is 11.7 Å². The molecule has 0 atom stereocenters. The Labute approximate surface area is 117 Å². The minimum Gasteiger partial charge on any atom is -0.478 e. The van der Waals surface area contributed by atoms with Crippen molar-refractivity contribution in [2.75, 3.05) is 11.9 Å². The largest absolute Gasteiger partial charge is 0.478 e. The predicted molar refractivity (Wildman–Crippen MR) is 74.5 cm³/mol. The van der Waals surface area contributed by atoms with Gasteiger partial charge in [-0.2, -0.15) is 0 Å². The maximum atomic E-state index is 13.0. The van der Waals surface area contributed by atoms with Crippen LogP contribution in [0.15, 0.2) is 18.2 Å². The van der Waals surface area contributed by atoms with Gasteiger partial charge in [-0.05, 0) is 24.1 Å². The van der Waals surface area contributed by atoms with Crippen LogP contribution in [0.3, 0.4) is 0 Å². The molecule has 3 N–H and O–H groups in total. The molecule has 0 aliphatic rings. The molecule has 1 aromatic carbocycles. The smallest absolute Gasteiger partial charge is 0.337 e. The van der Waals surface area contributed by atoms with E-state index in [-0.39, 0.29) is 11.3 Å². The highest BCUT2D eigenvalue weighted by atomic mass is 19.1. The second-order valence-electron chi connectivity index (χ2n) is 4.51. The van der Waals surface area contributed by atoms with Crippen molar-refractivity contribution in [3.63, 3.8) is 0 Å². The summed E-state index contributed by atoms with van der Waals surface area (Å²) in [5.41, 5.74) is -0.205. The molecule has 1 aromatic rings. The molecule has 0 spiro atoms. The van der Waals surface area contributed by atoms with Crippen LogP contribution < -0.4 is 10.6 Å². The van der Waals surface area contributed by atoms with E-state index in [2.05, 4.69) is 10.6 Å². The first-order valence-electron chi connectivity index (χ1n) is 6.55. The van der Waals surface area contributed by atoms with Gasteiger partial charge in [0.2, 0.25) is 0 Å². The van der Waals surface area contributed by atoms with Crippen molar-refractivity contribution >= 4 is 17.7 Å². The lowest BCUT2D eigenvalue weighted by Crippen LogP contribution is -2.33. The molecule has 0 radical (unpaired) electrons. The van der Waals surface area contributed by atoms with E-state index in [1.165, 1.54) is 6.07 Å². The van der Waals surface area contributed by atoms with E-state index in [1.807, 2.05) is 13.8 Å². The van der Waals surface area contributed by atoms with E-state index in [0.29, 0.717) is 12.5 Å². The van der Waals surface area contributed by atoms with Gasteiger partial charge in [-0.1, -0.05) is 26.7 Å². The van der Waals surface area contributed by atoms with E-state index in [1.54, 1.807) is 0 Å². The summed E-state index contributed by atoms with van der Waals surface area (Å²) in [6.07, 6.45) is 1.90. The van der Waals surface area contributed by atoms with Gasteiger partial charge in [0.15, 0.2) is 0 Å². The van der Waals surface area contributed by atoms with Crippen LogP contribution in [-0.2, 0) is 0 Å². The van der Waals surface area contributed by atoms with Crippen molar-refractivity contribution in [2.45, 2.75) is 26.7 Å². The number of urea groups is 1. The Kier molecular flexibility index (Phi) is 5.96. The molecule has 0 unspecified atom stereocenters. The zero-order valence-corrected chi connectivity index (χ0v) is 11.6. The summed E-state index contributed by atoms with van der Waals surface area (Å²) in [5.74, 6) is -1.57. The van der Waals surface area contributed by atoms with Gasteiger partial charge in [0.05, 0.1) is 11.3 Å². The summed E-state index contributed by atoms with van der Waals surface area (Å²) >= 11 is 0. The van der Waals surface area contributed by atoms with Crippen LogP contribution in [0.1, 0.15) is 37.0 Å². The fourth-order valence-corrected chi connectivity index (χ4v) is 1.78. The molecular formula is C14H19FN2O3. The first-order chi connectivity index (χ1) is 9.47. The monoisotopic (exact) mass is 282 g/mol. The zero-order chi connectivity index (χ0) is 15.1. The van der Waals surface area contributed by atoms with E-state index < -0.39 is 17.8 Å². The minimum atomic E-state index is -1.29. The van der Waals surface area contributed by atoms with Crippen LogP contribution in [0.5, 0.6) is 0 Å². The maximum absolute atomic E-state index is 13.0. The van der Waals surface area contributed by atoms with E-state index in [4.69, 9.17) is 5.11 Å². The number of carboxylic acid groups (broad SMARTS) is 1. The number of halogens is 1. The van der Waals surface area contributed by atoms with Crippen molar-refractivity contribution in [2.24, 2.45) is 5.92 Å². The summed E-state index contributed by atoms with van der Waals surface area (Å²) in [6.45, 7) is 4.59. The minimum absolute atomic E-state index is 0.0703. The number of anilines is 1. The molecule has 0 aromatic heterocycles. The predicted octanol–water partition coefficient (Wildman–Crippen LogP) is 3.08. The third-order valence-electron chi connectivity index (χ3n) is 3.17. The first-order valence-corrected chi connectivity index (χ1v) is 6.55. The van der Waals surface area contributed by atoms with Crippen molar-refractivity contribution in [3.05, 3.63) is 29.6 Å². The normalized spacial score (nSPS) is 10.4. The maximum Gasteiger partial charge on any atom is 0.337 e. The first kappa shape index (κ1) is 15.9. The Morgan fingerprint density at radius 1 is 1.30 bits per heavy atom. The highest BCUT2D eigenvalue weighted by molar-refractivity contribution is 5.99. The highest BCUT2D eigenvalue weighted by Crippen LogP contribution is 2.17. The SMILES string of the molecule is CCC(CC)CNC(=O)Nc1ccc(F)cc1C(=O)O. The number of amides is 2. The van der Waals surface area contributed by atoms with Gasteiger partial charge < -0.3 is 15.7 Å². The summed E-state index contributed by atoms with van der Waals surface area (Å²) in [6, 6.07) is 2.71. The molecule has 5 nitrogen and oxygen atoms in total. The van der Waals surface area contributed by atoms with Crippen molar-refractivity contribution < 1.29 is 19.1 Å². The van der Waals surface area contributed by atoms with Crippen LogP contribution in [0.2, 0.25) is 0 Å². The van der Waals surface area contributed by atoms with Crippen LogP contribution in [0.4, 0.5) is 14.9 Å². The Morgan fingerprint density at radius 3 is 2.50 bits per heavy atom. The molecule has 2 amide bonds. The number of rotatable bonds is 6. The van der Waals surface area contributed by atoms with Crippen LogP contribution >= 0.6 is 0 Å². The fraction of sp³-hybridized carbons (Fsp3) is 0.429. The standard InChI is InChI=1S/C14H19FN2O3/c1-3-9(4-2)8-16-14(20)17-12-6-5-10(15)7-11(12)13(18)19/h5-7,9H,3-4,8H2,1-2H3,(H,18,19)(H2,16,17,20). The van der Waals surface area contributed by atoms with Crippen molar-refractivity contribution in [1.82, 2.24) is 5.32 Å². The van der Waals surface area contributed by atoms with Crippen LogP contribution in [0.25, 0.3) is 0 Å².